The summed E-state index contributed by atoms with van der Waals surface area (Å²) in [4.78, 5) is 11.8. The van der Waals surface area contributed by atoms with Crippen molar-refractivity contribution in [1.82, 2.24) is 0 Å². The van der Waals surface area contributed by atoms with Crippen molar-refractivity contribution < 1.29 is 4.79 Å². The van der Waals surface area contributed by atoms with Crippen LogP contribution in [0.1, 0.15) is 36.7 Å². The molecule has 0 aromatic heterocycles. The van der Waals surface area contributed by atoms with Crippen molar-refractivity contribution in [1.29, 1.82) is 0 Å². The summed E-state index contributed by atoms with van der Waals surface area (Å²) in [6.45, 7) is 6.65. The molecule has 0 bridgehead atoms. The van der Waals surface area contributed by atoms with Gasteiger partial charge in [0.15, 0.2) is 5.78 Å². The van der Waals surface area contributed by atoms with E-state index in [2.05, 4.69) is 13.8 Å². The number of carbonyl (C=O) groups is 1. The first-order chi connectivity index (χ1) is 7.54. The van der Waals surface area contributed by atoms with E-state index in [1.807, 2.05) is 31.2 Å². The Kier molecular flexibility index (Phi) is 4.69. The lowest BCUT2D eigenvalue weighted by Crippen LogP contribution is -2.20. The minimum Gasteiger partial charge on any atom is -0.330 e. The molecule has 2 heteroatoms. The van der Waals surface area contributed by atoms with Crippen molar-refractivity contribution in [2.45, 2.75) is 27.2 Å². The Hall–Kier alpha value is -1.15. The van der Waals surface area contributed by atoms with Crippen LogP contribution in [-0.4, -0.2) is 12.3 Å². The highest BCUT2D eigenvalue weighted by Crippen LogP contribution is 2.12. The quantitative estimate of drug-likeness (QED) is 0.774. The summed E-state index contributed by atoms with van der Waals surface area (Å²) >= 11 is 0. The Morgan fingerprint density at radius 2 is 1.75 bits per heavy atom. The standard InChI is InChI=1S/C14H21NO/c1-10(2)8-12-4-6-13(7-5-12)14(16)11(3)9-15/h4-7,10-11H,8-9,15H2,1-3H3. The molecule has 0 aliphatic rings. The second kappa shape index (κ2) is 5.80. The first-order valence-electron chi connectivity index (χ1n) is 5.87. The molecule has 88 valence electrons. The molecule has 0 fully saturated rings. The summed E-state index contributed by atoms with van der Waals surface area (Å²) in [5.74, 6) is 0.694. The normalized spacial score (nSPS) is 12.8. The van der Waals surface area contributed by atoms with Gasteiger partial charge in [0, 0.05) is 18.0 Å². The van der Waals surface area contributed by atoms with Crippen LogP contribution in [0.5, 0.6) is 0 Å². The van der Waals surface area contributed by atoms with Crippen LogP contribution in [0.2, 0.25) is 0 Å². The minimum absolute atomic E-state index is 0.0871. The van der Waals surface area contributed by atoms with Crippen LogP contribution in [0.25, 0.3) is 0 Å². The molecule has 0 aliphatic carbocycles. The van der Waals surface area contributed by atoms with Gasteiger partial charge in [-0.1, -0.05) is 45.0 Å². The molecule has 0 saturated carbocycles. The van der Waals surface area contributed by atoms with Gasteiger partial charge in [-0.05, 0) is 17.9 Å². The average Bonchev–Trinajstić information content (AvgIpc) is 2.27. The van der Waals surface area contributed by atoms with Gasteiger partial charge in [0.1, 0.15) is 0 Å². The molecule has 0 saturated heterocycles. The predicted octanol–water partition coefficient (Wildman–Crippen LogP) is 2.66. The SMILES string of the molecule is CC(C)Cc1ccc(C(=O)C(C)CN)cc1. The van der Waals surface area contributed by atoms with Crippen LogP contribution < -0.4 is 5.73 Å². The van der Waals surface area contributed by atoms with Crippen LogP contribution in [0.15, 0.2) is 24.3 Å². The molecule has 1 aromatic rings. The summed E-state index contributed by atoms with van der Waals surface area (Å²) in [7, 11) is 0. The average molecular weight is 219 g/mol. The lowest BCUT2D eigenvalue weighted by Gasteiger charge is -2.09. The van der Waals surface area contributed by atoms with E-state index in [1.165, 1.54) is 5.56 Å². The molecule has 0 spiro atoms. The van der Waals surface area contributed by atoms with Crippen molar-refractivity contribution in [2.75, 3.05) is 6.54 Å². The maximum absolute atomic E-state index is 11.8. The fourth-order valence-electron chi connectivity index (χ4n) is 1.67. The lowest BCUT2D eigenvalue weighted by atomic mass is 9.96. The van der Waals surface area contributed by atoms with Gasteiger partial charge in [-0.3, -0.25) is 4.79 Å². The highest BCUT2D eigenvalue weighted by Gasteiger charge is 2.13. The Morgan fingerprint density at radius 1 is 1.19 bits per heavy atom. The molecule has 2 nitrogen and oxygen atoms in total. The molecule has 0 heterocycles. The van der Waals surface area contributed by atoms with Crippen LogP contribution in [-0.2, 0) is 6.42 Å². The van der Waals surface area contributed by atoms with E-state index in [1.54, 1.807) is 0 Å². The monoisotopic (exact) mass is 219 g/mol. The van der Waals surface area contributed by atoms with Crippen molar-refractivity contribution >= 4 is 5.78 Å². The molecular weight excluding hydrogens is 198 g/mol. The summed E-state index contributed by atoms with van der Waals surface area (Å²) in [5, 5.41) is 0. The Balaban J connectivity index is 2.74. The zero-order chi connectivity index (χ0) is 12.1. The van der Waals surface area contributed by atoms with Gasteiger partial charge in [-0.25, -0.2) is 0 Å². The second-order valence-electron chi connectivity index (χ2n) is 4.80. The molecular formula is C14H21NO. The highest BCUT2D eigenvalue weighted by molar-refractivity contribution is 5.97. The maximum atomic E-state index is 11.8. The third-order valence-corrected chi connectivity index (χ3v) is 2.68. The number of hydrogen-bond acceptors (Lipinski definition) is 2. The third-order valence-electron chi connectivity index (χ3n) is 2.68. The fraction of sp³-hybridized carbons (Fsp3) is 0.500. The van der Waals surface area contributed by atoms with E-state index in [0.717, 1.165) is 12.0 Å². The molecule has 1 unspecified atom stereocenters. The Labute approximate surface area is 97.9 Å². The van der Waals surface area contributed by atoms with Crippen LogP contribution in [0, 0.1) is 11.8 Å². The van der Waals surface area contributed by atoms with E-state index in [0.29, 0.717) is 12.5 Å². The molecule has 0 amide bonds. The van der Waals surface area contributed by atoms with Crippen LogP contribution >= 0.6 is 0 Å². The fourth-order valence-corrected chi connectivity index (χ4v) is 1.67. The van der Waals surface area contributed by atoms with E-state index in [9.17, 15) is 4.79 Å². The van der Waals surface area contributed by atoms with Gasteiger partial charge in [0.25, 0.3) is 0 Å². The Bertz CT molecular complexity index is 340. The van der Waals surface area contributed by atoms with Gasteiger partial charge in [-0.2, -0.15) is 0 Å². The molecule has 2 N–H and O–H groups in total. The van der Waals surface area contributed by atoms with Gasteiger partial charge in [-0.15, -0.1) is 0 Å². The summed E-state index contributed by atoms with van der Waals surface area (Å²) in [6, 6.07) is 7.89. The summed E-state index contributed by atoms with van der Waals surface area (Å²) in [5.41, 5.74) is 7.54. The van der Waals surface area contributed by atoms with Crippen LogP contribution in [0.3, 0.4) is 0 Å². The zero-order valence-electron chi connectivity index (χ0n) is 10.4. The van der Waals surface area contributed by atoms with E-state index in [4.69, 9.17) is 5.73 Å². The first kappa shape index (κ1) is 12.9. The first-order valence-corrected chi connectivity index (χ1v) is 5.87. The molecule has 16 heavy (non-hydrogen) atoms. The zero-order valence-corrected chi connectivity index (χ0v) is 10.4. The number of benzene rings is 1. The molecule has 0 radical (unpaired) electrons. The van der Waals surface area contributed by atoms with Crippen molar-refractivity contribution in [3.8, 4) is 0 Å². The van der Waals surface area contributed by atoms with Crippen molar-refractivity contribution in [2.24, 2.45) is 17.6 Å². The predicted molar refractivity (Wildman–Crippen MR) is 67.5 cm³/mol. The molecule has 1 atom stereocenters. The molecule has 1 rings (SSSR count). The number of Topliss-reactive ketones (excluding diaryl/α,β-unsaturated/α-hetero) is 1. The molecule has 1 aromatic carbocycles. The van der Waals surface area contributed by atoms with E-state index < -0.39 is 0 Å². The minimum atomic E-state index is -0.0871. The van der Waals surface area contributed by atoms with Gasteiger partial charge in [0.2, 0.25) is 0 Å². The second-order valence-corrected chi connectivity index (χ2v) is 4.80. The molecule has 0 aliphatic heterocycles. The van der Waals surface area contributed by atoms with Crippen LogP contribution in [0.4, 0.5) is 0 Å². The van der Waals surface area contributed by atoms with Crippen molar-refractivity contribution in [3.63, 3.8) is 0 Å². The number of ketones is 1. The van der Waals surface area contributed by atoms with E-state index in [-0.39, 0.29) is 11.7 Å². The van der Waals surface area contributed by atoms with Gasteiger partial charge >= 0.3 is 0 Å². The highest BCUT2D eigenvalue weighted by atomic mass is 16.1. The summed E-state index contributed by atoms with van der Waals surface area (Å²) in [6.07, 6.45) is 1.06. The topological polar surface area (TPSA) is 43.1 Å². The number of hydrogen-bond donors (Lipinski definition) is 1. The number of rotatable bonds is 5. The largest absolute Gasteiger partial charge is 0.330 e. The smallest absolute Gasteiger partial charge is 0.166 e. The van der Waals surface area contributed by atoms with Crippen molar-refractivity contribution in [3.05, 3.63) is 35.4 Å². The Morgan fingerprint density at radius 3 is 2.19 bits per heavy atom. The van der Waals surface area contributed by atoms with Gasteiger partial charge in [0.05, 0.1) is 0 Å². The summed E-state index contributed by atoms with van der Waals surface area (Å²) < 4.78 is 0. The lowest BCUT2D eigenvalue weighted by molar-refractivity contribution is 0.0934. The van der Waals surface area contributed by atoms with Gasteiger partial charge < -0.3 is 5.73 Å². The van der Waals surface area contributed by atoms with E-state index >= 15 is 0 Å². The maximum Gasteiger partial charge on any atom is 0.166 e. The number of carbonyl (C=O) groups excluding carboxylic acids is 1. The third kappa shape index (κ3) is 3.46. The number of nitrogens with two attached hydrogens (primary N) is 1.